The molecule has 0 aromatic heterocycles. The van der Waals surface area contributed by atoms with Gasteiger partial charge in [-0.05, 0) is 59.2 Å². The zero-order valence-electron chi connectivity index (χ0n) is 17.1. The minimum absolute atomic E-state index is 0.274. The van der Waals surface area contributed by atoms with Gasteiger partial charge in [0.05, 0.1) is 0 Å². The first-order valence-electron chi connectivity index (χ1n) is 8.94. The summed E-state index contributed by atoms with van der Waals surface area (Å²) in [4.78, 5) is 24.7. The standard InChI is InChI=1S/C21H31NO5/c1-8-13-25-16-11-9-15(10-12-16)14-17(18(23)26-20(2,3)4)22-19(24)27-21(5,6)7/h8-12,17H,1,13-14H2,2-7H3,(H,22,24). The van der Waals surface area contributed by atoms with Gasteiger partial charge in [0.25, 0.3) is 0 Å². The lowest BCUT2D eigenvalue weighted by Crippen LogP contribution is -2.47. The van der Waals surface area contributed by atoms with Gasteiger partial charge in [0, 0.05) is 6.42 Å². The first kappa shape index (κ1) is 22.5. The molecule has 150 valence electrons. The van der Waals surface area contributed by atoms with Crippen LogP contribution in [-0.2, 0) is 20.7 Å². The normalized spacial score (nSPS) is 12.7. The number of amides is 1. The van der Waals surface area contributed by atoms with Crippen molar-refractivity contribution in [3.05, 3.63) is 42.5 Å². The minimum atomic E-state index is -0.862. The zero-order chi connectivity index (χ0) is 20.7. The first-order chi connectivity index (χ1) is 12.4. The quantitative estimate of drug-likeness (QED) is 0.574. The molecule has 1 aromatic carbocycles. The topological polar surface area (TPSA) is 73.9 Å². The molecule has 1 atom stereocenters. The van der Waals surface area contributed by atoms with Gasteiger partial charge in [-0.3, -0.25) is 0 Å². The molecule has 0 heterocycles. The van der Waals surface area contributed by atoms with Gasteiger partial charge in [0.15, 0.2) is 0 Å². The molecule has 1 N–H and O–H groups in total. The molecule has 0 aliphatic carbocycles. The molecule has 0 fully saturated rings. The summed E-state index contributed by atoms with van der Waals surface area (Å²) in [6.45, 7) is 14.6. The van der Waals surface area contributed by atoms with Crippen molar-refractivity contribution in [1.29, 1.82) is 0 Å². The molecule has 1 amide bonds. The number of esters is 1. The summed E-state index contributed by atoms with van der Waals surface area (Å²) < 4.78 is 16.1. The highest BCUT2D eigenvalue weighted by Gasteiger charge is 2.28. The second-order valence-corrected chi connectivity index (χ2v) is 8.18. The Labute approximate surface area is 161 Å². The fraction of sp³-hybridized carbons (Fsp3) is 0.524. The van der Waals surface area contributed by atoms with E-state index in [2.05, 4.69) is 11.9 Å². The highest BCUT2D eigenvalue weighted by Crippen LogP contribution is 2.16. The number of rotatable bonds is 7. The number of hydrogen-bond acceptors (Lipinski definition) is 5. The average molecular weight is 377 g/mol. The highest BCUT2D eigenvalue weighted by molar-refractivity contribution is 5.82. The molecule has 6 heteroatoms. The van der Waals surface area contributed by atoms with Crippen LogP contribution in [0.2, 0.25) is 0 Å². The second kappa shape index (κ2) is 9.44. The summed E-state index contributed by atoms with van der Waals surface area (Å²) >= 11 is 0. The molecule has 0 saturated heterocycles. The predicted octanol–water partition coefficient (Wildman–Crippen LogP) is 4.03. The lowest BCUT2D eigenvalue weighted by atomic mass is 10.1. The number of ether oxygens (including phenoxy) is 3. The van der Waals surface area contributed by atoms with E-state index in [-0.39, 0.29) is 6.42 Å². The molecular formula is C21H31NO5. The molecule has 0 saturated carbocycles. The maximum atomic E-state index is 12.5. The molecule has 0 radical (unpaired) electrons. The maximum absolute atomic E-state index is 12.5. The Balaban J connectivity index is 2.88. The van der Waals surface area contributed by atoms with E-state index in [1.807, 2.05) is 12.1 Å². The molecule has 1 rings (SSSR count). The van der Waals surface area contributed by atoms with Crippen LogP contribution in [0.5, 0.6) is 5.75 Å². The monoisotopic (exact) mass is 377 g/mol. The Hall–Kier alpha value is -2.50. The third kappa shape index (κ3) is 9.68. The summed E-state index contributed by atoms with van der Waals surface area (Å²) in [5.74, 6) is 0.188. The Morgan fingerprint density at radius 2 is 1.59 bits per heavy atom. The van der Waals surface area contributed by atoms with Gasteiger partial charge >= 0.3 is 12.1 Å². The van der Waals surface area contributed by atoms with E-state index >= 15 is 0 Å². The van der Waals surface area contributed by atoms with Crippen molar-refractivity contribution in [2.45, 2.75) is 65.2 Å². The zero-order valence-corrected chi connectivity index (χ0v) is 17.1. The highest BCUT2D eigenvalue weighted by atomic mass is 16.6. The largest absolute Gasteiger partial charge is 0.490 e. The van der Waals surface area contributed by atoms with Crippen molar-refractivity contribution in [1.82, 2.24) is 5.32 Å². The van der Waals surface area contributed by atoms with Gasteiger partial charge < -0.3 is 19.5 Å². The first-order valence-corrected chi connectivity index (χ1v) is 8.94. The smallest absolute Gasteiger partial charge is 0.408 e. The predicted molar refractivity (Wildman–Crippen MR) is 105 cm³/mol. The molecule has 0 spiro atoms. The SMILES string of the molecule is C=CCOc1ccc(CC(NC(=O)OC(C)(C)C)C(=O)OC(C)(C)C)cc1. The lowest BCUT2D eigenvalue weighted by Gasteiger charge is -2.26. The molecule has 0 aliphatic heterocycles. The van der Waals surface area contributed by atoms with Crippen LogP contribution in [0, 0.1) is 0 Å². The molecular weight excluding hydrogens is 346 g/mol. The fourth-order valence-electron chi connectivity index (χ4n) is 2.13. The Bertz CT molecular complexity index is 638. The van der Waals surface area contributed by atoms with Crippen LogP contribution in [0.3, 0.4) is 0 Å². The van der Waals surface area contributed by atoms with Gasteiger partial charge in [0.1, 0.15) is 29.6 Å². The van der Waals surface area contributed by atoms with Gasteiger partial charge in [0.2, 0.25) is 0 Å². The molecule has 0 aliphatic rings. The van der Waals surface area contributed by atoms with E-state index in [1.54, 1.807) is 59.8 Å². The average Bonchev–Trinajstić information content (AvgIpc) is 2.50. The number of hydrogen-bond donors (Lipinski definition) is 1. The summed E-state index contributed by atoms with van der Waals surface area (Å²) in [7, 11) is 0. The molecule has 0 bridgehead atoms. The minimum Gasteiger partial charge on any atom is -0.490 e. The Morgan fingerprint density at radius 1 is 1.04 bits per heavy atom. The number of benzene rings is 1. The van der Waals surface area contributed by atoms with Crippen molar-refractivity contribution in [3.8, 4) is 5.75 Å². The van der Waals surface area contributed by atoms with Crippen LogP contribution in [0.1, 0.15) is 47.1 Å². The van der Waals surface area contributed by atoms with Crippen LogP contribution in [0.25, 0.3) is 0 Å². The Kier molecular flexibility index (Phi) is 7.88. The van der Waals surface area contributed by atoms with E-state index in [1.165, 1.54) is 0 Å². The molecule has 27 heavy (non-hydrogen) atoms. The third-order valence-corrected chi connectivity index (χ3v) is 3.11. The third-order valence-electron chi connectivity index (χ3n) is 3.11. The molecule has 1 aromatic rings. The van der Waals surface area contributed by atoms with E-state index in [0.717, 1.165) is 5.56 Å². The van der Waals surface area contributed by atoms with Crippen LogP contribution in [-0.4, -0.2) is 35.9 Å². The number of alkyl carbamates (subject to hydrolysis) is 1. The number of carbonyl (C=O) groups is 2. The summed E-state index contributed by atoms with van der Waals surface area (Å²) in [5, 5.41) is 2.61. The molecule has 1 unspecified atom stereocenters. The summed E-state index contributed by atoms with van der Waals surface area (Å²) in [6, 6.07) is 6.43. The number of nitrogens with one attached hydrogen (secondary N) is 1. The fourth-order valence-corrected chi connectivity index (χ4v) is 2.13. The molecule has 6 nitrogen and oxygen atoms in total. The van der Waals surface area contributed by atoms with Gasteiger partial charge in [-0.2, -0.15) is 0 Å². The maximum Gasteiger partial charge on any atom is 0.408 e. The number of carbonyl (C=O) groups excluding carboxylic acids is 2. The van der Waals surface area contributed by atoms with Crippen LogP contribution in [0.15, 0.2) is 36.9 Å². The second-order valence-electron chi connectivity index (χ2n) is 8.18. The Morgan fingerprint density at radius 3 is 2.07 bits per heavy atom. The van der Waals surface area contributed by atoms with Crippen LogP contribution in [0.4, 0.5) is 4.79 Å². The van der Waals surface area contributed by atoms with E-state index in [0.29, 0.717) is 12.4 Å². The van der Waals surface area contributed by atoms with Crippen LogP contribution < -0.4 is 10.1 Å². The van der Waals surface area contributed by atoms with Gasteiger partial charge in [-0.15, -0.1) is 0 Å². The van der Waals surface area contributed by atoms with Crippen molar-refractivity contribution in [2.24, 2.45) is 0 Å². The van der Waals surface area contributed by atoms with Crippen molar-refractivity contribution in [2.75, 3.05) is 6.61 Å². The van der Waals surface area contributed by atoms with E-state index in [9.17, 15) is 9.59 Å². The van der Waals surface area contributed by atoms with Gasteiger partial charge in [-0.1, -0.05) is 24.8 Å². The van der Waals surface area contributed by atoms with Crippen LogP contribution >= 0.6 is 0 Å². The van der Waals surface area contributed by atoms with Crippen molar-refractivity contribution in [3.63, 3.8) is 0 Å². The lowest BCUT2D eigenvalue weighted by molar-refractivity contribution is -0.157. The van der Waals surface area contributed by atoms with Crippen molar-refractivity contribution >= 4 is 12.1 Å². The summed E-state index contributed by atoms with van der Waals surface area (Å²) in [5.41, 5.74) is -0.465. The van der Waals surface area contributed by atoms with E-state index in [4.69, 9.17) is 14.2 Å². The van der Waals surface area contributed by atoms with Gasteiger partial charge in [-0.25, -0.2) is 9.59 Å². The van der Waals surface area contributed by atoms with E-state index < -0.39 is 29.3 Å². The summed E-state index contributed by atoms with van der Waals surface area (Å²) in [6.07, 6.45) is 1.27. The van der Waals surface area contributed by atoms with Crippen molar-refractivity contribution < 1.29 is 23.8 Å².